The molecule has 1 fully saturated rings. The largest absolute Gasteiger partial charge is 0.355 e. The van der Waals surface area contributed by atoms with Crippen LogP contribution in [0, 0.1) is 6.92 Å². The lowest BCUT2D eigenvalue weighted by molar-refractivity contribution is 0.0625. The van der Waals surface area contributed by atoms with E-state index in [0.29, 0.717) is 11.5 Å². The van der Waals surface area contributed by atoms with Crippen molar-refractivity contribution in [1.82, 2.24) is 10.1 Å². The molecule has 0 saturated carbocycles. The average molecular weight is 284 g/mol. The monoisotopic (exact) mass is 284 g/mol. The number of amides is 1. The van der Waals surface area contributed by atoms with Crippen LogP contribution in [-0.2, 0) is 0 Å². The van der Waals surface area contributed by atoms with Crippen LogP contribution < -0.4 is 0 Å². The molecule has 0 radical (unpaired) electrons. The van der Waals surface area contributed by atoms with E-state index in [9.17, 15) is 4.79 Å². The van der Waals surface area contributed by atoms with Crippen LogP contribution >= 0.6 is 0 Å². The van der Waals surface area contributed by atoms with Gasteiger partial charge in [0.1, 0.15) is 0 Å². The summed E-state index contributed by atoms with van der Waals surface area (Å²) in [5.41, 5.74) is 2.51. The number of likely N-dealkylation sites (tertiary alicyclic amines) is 1. The molecule has 0 N–H and O–H groups in total. The maximum Gasteiger partial charge on any atom is 0.276 e. The third kappa shape index (κ3) is 2.84. The Morgan fingerprint density at radius 3 is 2.95 bits per heavy atom. The van der Waals surface area contributed by atoms with Crippen molar-refractivity contribution < 1.29 is 9.32 Å². The second-order valence-electron chi connectivity index (χ2n) is 5.79. The molecule has 1 aromatic heterocycles. The first-order valence-corrected chi connectivity index (χ1v) is 7.50. The highest BCUT2D eigenvalue weighted by Crippen LogP contribution is 2.24. The summed E-state index contributed by atoms with van der Waals surface area (Å²) in [6, 6.07) is 10.0. The summed E-state index contributed by atoms with van der Waals surface area (Å²) < 4.78 is 5.36. The highest BCUT2D eigenvalue weighted by atomic mass is 16.5. The maximum absolute atomic E-state index is 12.5. The van der Waals surface area contributed by atoms with E-state index in [2.05, 4.69) is 12.1 Å². The number of piperidine rings is 1. The molecule has 1 aliphatic heterocycles. The Kier molecular flexibility index (Phi) is 3.78. The molecular formula is C17H20N2O2. The van der Waals surface area contributed by atoms with E-state index in [0.717, 1.165) is 30.5 Å². The van der Waals surface area contributed by atoms with Gasteiger partial charge >= 0.3 is 0 Å². The first kappa shape index (κ1) is 13.9. The first-order chi connectivity index (χ1) is 10.1. The fourth-order valence-corrected chi connectivity index (χ4v) is 2.86. The van der Waals surface area contributed by atoms with Gasteiger partial charge in [-0.1, -0.05) is 28.9 Å². The van der Waals surface area contributed by atoms with Crippen molar-refractivity contribution in [2.24, 2.45) is 0 Å². The molecule has 0 aliphatic carbocycles. The van der Waals surface area contributed by atoms with Crippen LogP contribution in [0.15, 0.2) is 34.9 Å². The Morgan fingerprint density at radius 1 is 1.33 bits per heavy atom. The predicted molar refractivity (Wildman–Crippen MR) is 81.0 cm³/mol. The van der Waals surface area contributed by atoms with Crippen molar-refractivity contribution in [3.63, 3.8) is 0 Å². The molecule has 0 bridgehead atoms. The SMILES string of the molecule is Cc1cccc(-c2cc(C(=O)N3CCCC[C@H]3C)no2)c1. The Hall–Kier alpha value is -2.10. The molecule has 110 valence electrons. The number of aryl methyl sites for hydroxylation is 1. The molecule has 0 spiro atoms. The lowest BCUT2D eigenvalue weighted by atomic mass is 10.0. The fraction of sp³-hybridized carbons (Fsp3) is 0.412. The Bertz CT molecular complexity index is 648. The van der Waals surface area contributed by atoms with Crippen LogP contribution in [0.25, 0.3) is 11.3 Å². The van der Waals surface area contributed by atoms with Crippen molar-refractivity contribution in [1.29, 1.82) is 0 Å². The molecule has 4 heteroatoms. The molecule has 21 heavy (non-hydrogen) atoms. The quantitative estimate of drug-likeness (QED) is 0.845. The second-order valence-corrected chi connectivity index (χ2v) is 5.79. The number of benzene rings is 1. The van der Waals surface area contributed by atoms with Crippen LogP contribution in [0.1, 0.15) is 42.2 Å². The summed E-state index contributed by atoms with van der Waals surface area (Å²) in [5, 5.41) is 3.97. The van der Waals surface area contributed by atoms with E-state index < -0.39 is 0 Å². The zero-order chi connectivity index (χ0) is 14.8. The van der Waals surface area contributed by atoms with E-state index in [1.165, 1.54) is 6.42 Å². The highest BCUT2D eigenvalue weighted by molar-refractivity contribution is 5.93. The molecule has 2 heterocycles. The van der Waals surface area contributed by atoms with Gasteiger partial charge in [-0.3, -0.25) is 4.79 Å². The van der Waals surface area contributed by atoms with Gasteiger partial charge in [-0.15, -0.1) is 0 Å². The van der Waals surface area contributed by atoms with Crippen molar-refractivity contribution in [2.75, 3.05) is 6.54 Å². The molecule has 3 rings (SSSR count). The molecule has 1 saturated heterocycles. The standard InChI is InChI=1S/C17H20N2O2/c1-12-6-5-8-14(10-12)16-11-15(18-21-16)17(20)19-9-4-3-7-13(19)2/h5-6,8,10-11,13H,3-4,7,9H2,1-2H3/t13-/m1/s1. The number of nitrogens with zero attached hydrogens (tertiary/aromatic N) is 2. The zero-order valence-corrected chi connectivity index (χ0v) is 12.5. The Balaban J connectivity index is 1.83. The minimum absolute atomic E-state index is 0.0233. The molecule has 1 amide bonds. The van der Waals surface area contributed by atoms with Crippen molar-refractivity contribution in [3.05, 3.63) is 41.6 Å². The maximum atomic E-state index is 12.5. The summed E-state index contributed by atoms with van der Waals surface area (Å²) in [6.45, 7) is 4.94. The van der Waals surface area contributed by atoms with Gasteiger partial charge in [0.15, 0.2) is 11.5 Å². The second kappa shape index (κ2) is 5.72. The lowest BCUT2D eigenvalue weighted by Gasteiger charge is -2.32. The molecule has 1 aromatic carbocycles. The van der Waals surface area contributed by atoms with Crippen molar-refractivity contribution >= 4 is 5.91 Å². The van der Waals surface area contributed by atoms with Gasteiger partial charge in [-0.05, 0) is 39.2 Å². The normalized spacial score (nSPS) is 18.8. The molecule has 1 atom stereocenters. The van der Waals surface area contributed by atoms with Crippen molar-refractivity contribution in [2.45, 2.75) is 39.2 Å². The summed E-state index contributed by atoms with van der Waals surface area (Å²) in [5.74, 6) is 0.622. The topological polar surface area (TPSA) is 46.3 Å². The third-order valence-corrected chi connectivity index (χ3v) is 4.10. The van der Waals surface area contributed by atoms with E-state index >= 15 is 0 Å². The number of rotatable bonds is 2. The molecule has 0 unspecified atom stereocenters. The summed E-state index contributed by atoms with van der Waals surface area (Å²) >= 11 is 0. The Morgan fingerprint density at radius 2 is 2.19 bits per heavy atom. The van der Waals surface area contributed by atoms with Crippen molar-refractivity contribution in [3.8, 4) is 11.3 Å². The van der Waals surface area contributed by atoms with E-state index in [1.54, 1.807) is 6.07 Å². The van der Waals surface area contributed by atoms with Crippen LogP contribution in [0.5, 0.6) is 0 Å². The van der Waals surface area contributed by atoms with Crippen LogP contribution in [0.3, 0.4) is 0 Å². The van der Waals surface area contributed by atoms with E-state index in [1.807, 2.05) is 36.1 Å². The number of hydrogen-bond donors (Lipinski definition) is 0. The number of carbonyl (C=O) groups is 1. The molecule has 4 nitrogen and oxygen atoms in total. The number of aromatic nitrogens is 1. The van der Waals surface area contributed by atoms with Gasteiger partial charge in [0, 0.05) is 24.2 Å². The summed E-state index contributed by atoms with van der Waals surface area (Å²) in [4.78, 5) is 14.4. The number of hydrogen-bond acceptors (Lipinski definition) is 3. The molecule has 2 aromatic rings. The van der Waals surface area contributed by atoms with Gasteiger partial charge in [0.25, 0.3) is 5.91 Å². The smallest absolute Gasteiger partial charge is 0.276 e. The molecular weight excluding hydrogens is 264 g/mol. The van der Waals surface area contributed by atoms with Gasteiger partial charge in [-0.2, -0.15) is 0 Å². The third-order valence-electron chi connectivity index (χ3n) is 4.10. The van der Waals surface area contributed by atoms with Crippen LogP contribution in [0.4, 0.5) is 0 Å². The van der Waals surface area contributed by atoms with E-state index in [4.69, 9.17) is 4.52 Å². The predicted octanol–water partition coefficient (Wildman–Crippen LogP) is 3.66. The zero-order valence-electron chi connectivity index (χ0n) is 12.5. The lowest BCUT2D eigenvalue weighted by Crippen LogP contribution is -2.42. The van der Waals surface area contributed by atoms with E-state index in [-0.39, 0.29) is 11.9 Å². The van der Waals surface area contributed by atoms with Crippen LogP contribution in [0.2, 0.25) is 0 Å². The van der Waals surface area contributed by atoms with Gasteiger partial charge < -0.3 is 9.42 Å². The van der Waals surface area contributed by atoms with Gasteiger partial charge in [0.05, 0.1) is 0 Å². The minimum atomic E-state index is -0.0233. The fourth-order valence-electron chi connectivity index (χ4n) is 2.86. The first-order valence-electron chi connectivity index (χ1n) is 7.50. The summed E-state index contributed by atoms with van der Waals surface area (Å²) in [7, 11) is 0. The molecule has 1 aliphatic rings. The van der Waals surface area contributed by atoms with Gasteiger partial charge in [-0.25, -0.2) is 0 Å². The minimum Gasteiger partial charge on any atom is -0.355 e. The van der Waals surface area contributed by atoms with Gasteiger partial charge in [0.2, 0.25) is 0 Å². The summed E-state index contributed by atoms with van der Waals surface area (Å²) in [6.07, 6.45) is 3.32. The highest BCUT2D eigenvalue weighted by Gasteiger charge is 2.26. The average Bonchev–Trinajstić information content (AvgIpc) is 2.97. The number of carbonyl (C=O) groups excluding carboxylic acids is 1. The Labute approximate surface area is 124 Å². The van der Waals surface area contributed by atoms with Crippen LogP contribution in [-0.4, -0.2) is 28.6 Å².